The molecular weight excluding hydrogens is 432 g/mol. The monoisotopic (exact) mass is 450 g/mol. The summed E-state index contributed by atoms with van der Waals surface area (Å²) < 4.78 is 16.0. The number of nitrogens with zero attached hydrogens (tertiary/aromatic N) is 1. The molecule has 33 heavy (non-hydrogen) atoms. The van der Waals surface area contributed by atoms with Crippen molar-refractivity contribution in [3.05, 3.63) is 59.7 Å². The number of anilines is 1. The van der Waals surface area contributed by atoms with Crippen LogP contribution < -0.4 is 10.1 Å². The van der Waals surface area contributed by atoms with Crippen LogP contribution in [0.1, 0.15) is 20.7 Å². The molecule has 0 spiro atoms. The number of methoxy groups -OCH3 is 2. The molecule has 0 fully saturated rings. The molecule has 0 aliphatic rings. The van der Waals surface area contributed by atoms with Gasteiger partial charge in [-0.15, -0.1) is 0 Å². The van der Waals surface area contributed by atoms with Gasteiger partial charge in [0.05, 0.1) is 31.0 Å². The summed E-state index contributed by atoms with van der Waals surface area (Å²) in [5.74, 6) is -2.96. The van der Waals surface area contributed by atoms with Gasteiger partial charge in [-0.1, -0.05) is 12.1 Å². The van der Waals surface area contributed by atoms with Crippen molar-refractivity contribution < 1.29 is 38.8 Å². The van der Waals surface area contributed by atoms with Gasteiger partial charge in [-0.25, -0.2) is 9.78 Å². The number of amides is 1. The van der Waals surface area contributed by atoms with Crippen molar-refractivity contribution in [1.29, 1.82) is 0 Å². The van der Waals surface area contributed by atoms with Crippen LogP contribution in [0.4, 0.5) is 5.69 Å². The molecule has 0 radical (unpaired) electrons. The Kier molecular flexibility index (Phi) is 5.49. The van der Waals surface area contributed by atoms with Gasteiger partial charge in [0.15, 0.2) is 22.8 Å². The number of carbonyl (C=O) groups excluding carboxylic acids is 2. The van der Waals surface area contributed by atoms with Crippen LogP contribution in [0.15, 0.2) is 52.9 Å². The molecule has 3 aromatic carbocycles. The highest BCUT2D eigenvalue weighted by Crippen LogP contribution is 2.39. The lowest BCUT2D eigenvalue weighted by Gasteiger charge is -2.14. The second-order valence-corrected chi connectivity index (χ2v) is 6.86. The highest BCUT2D eigenvalue weighted by Gasteiger charge is 2.22. The first-order valence-corrected chi connectivity index (χ1v) is 9.55. The number of phenols is 3. The van der Waals surface area contributed by atoms with Gasteiger partial charge < -0.3 is 34.5 Å². The zero-order valence-corrected chi connectivity index (χ0v) is 17.4. The number of aromatic nitrogens is 1. The third kappa shape index (κ3) is 3.85. The van der Waals surface area contributed by atoms with Crippen molar-refractivity contribution >= 4 is 28.7 Å². The number of benzene rings is 3. The molecule has 0 atom stereocenters. The van der Waals surface area contributed by atoms with E-state index in [9.17, 15) is 24.9 Å². The number of fused-ring (bicyclic) bond motifs is 1. The van der Waals surface area contributed by atoms with Gasteiger partial charge in [-0.2, -0.15) is 0 Å². The molecule has 4 rings (SSSR count). The van der Waals surface area contributed by atoms with E-state index in [4.69, 9.17) is 13.9 Å². The number of para-hydroxylation sites is 2. The minimum atomic E-state index is -0.739. The van der Waals surface area contributed by atoms with E-state index >= 15 is 0 Å². The van der Waals surface area contributed by atoms with E-state index in [1.807, 2.05) is 0 Å². The maximum atomic E-state index is 12.9. The second kappa shape index (κ2) is 8.42. The Hall–Kier alpha value is -4.73. The molecule has 0 unspecified atom stereocenters. The number of aromatic hydroxyl groups is 3. The van der Waals surface area contributed by atoms with Gasteiger partial charge in [-0.05, 0) is 36.4 Å². The van der Waals surface area contributed by atoms with Crippen LogP contribution in [0.5, 0.6) is 23.0 Å². The number of hydrogen-bond donors (Lipinski definition) is 4. The van der Waals surface area contributed by atoms with E-state index in [0.29, 0.717) is 11.1 Å². The lowest BCUT2D eigenvalue weighted by molar-refractivity contribution is 0.0602. The highest BCUT2D eigenvalue weighted by molar-refractivity contribution is 6.08. The van der Waals surface area contributed by atoms with Gasteiger partial charge >= 0.3 is 5.97 Å². The van der Waals surface area contributed by atoms with Crippen molar-refractivity contribution in [2.75, 3.05) is 19.5 Å². The molecule has 0 aliphatic carbocycles. The first-order chi connectivity index (χ1) is 15.8. The number of rotatable bonds is 5. The molecule has 1 heterocycles. The second-order valence-electron chi connectivity index (χ2n) is 6.86. The van der Waals surface area contributed by atoms with Crippen molar-refractivity contribution in [2.24, 2.45) is 0 Å². The average Bonchev–Trinajstić information content (AvgIpc) is 3.26. The SMILES string of the molecule is COC(=O)c1cccc2oc(-c3cccc(OC)c3NC(=O)c3cc(O)c(O)c(O)c3)nc12. The minimum absolute atomic E-state index is 0.104. The van der Waals surface area contributed by atoms with Crippen molar-refractivity contribution in [3.63, 3.8) is 0 Å². The summed E-state index contributed by atoms with van der Waals surface area (Å²) in [6, 6.07) is 11.7. The molecule has 1 aromatic heterocycles. The predicted octanol–water partition coefficient (Wildman–Crippen LogP) is 3.66. The lowest BCUT2D eigenvalue weighted by Crippen LogP contribution is -2.13. The molecule has 4 N–H and O–H groups in total. The summed E-state index contributed by atoms with van der Waals surface area (Å²) in [6.07, 6.45) is 0. The van der Waals surface area contributed by atoms with Gasteiger partial charge in [0, 0.05) is 5.56 Å². The predicted molar refractivity (Wildman–Crippen MR) is 117 cm³/mol. The summed E-state index contributed by atoms with van der Waals surface area (Å²) in [6.45, 7) is 0. The topological polar surface area (TPSA) is 151 Å². The summed E-state index contributed by atoms with van der Waals surface area (Å²) in [5.41, 5.74) is 1.26. The van der Waals surface area contributed by atoms with E-state index < -0.39 is 29.1 Å². The number of esters is 1. The first-order valence-electron chi connectivity index (χ1n) is 9.55. The fourth-order valence-corrected chi connectivity index (χ4v) is 3.27. The molecule has 10 heteroatoms. The maximum absolute atomic E-state index is 12.9. The first kappa shape index (κ1) is 21.5. The van der Waals surface area contributed by atoms with Gasteiger partial charge in [0.25, 0.3) is 5.91 Å². The van der Waals surface area contributed by atoms with Crippen LogP contribution in [0.3, 0.4) is 0 Å². The molecule has 10 nitrogen and oxygen atoms in total. The van der Waals surface area contributed by atoms with E-state index in [2.05, 4.69) is 10.3 Å². The Bertz CT molecular complexity index is 1370. The number of nitrogens with one attached hydrogen (secondary N) is 1. The zero-order chi connectivity index (χ0) is 23.7. The Labute approximate surface area is 186 Å². The van der Waals surface area contributed by atoms with Crippen LogP contribution >= 0.6 is 0 Å². The number of ether oxygens (including phenoxy) is 2. The van der Waals surface area contributed by atoms with Crippen LogP contribution in [0, 0.1) is 0 Å². The summed E-state index contributed by atoms with van der Waals surface area (Å²) in [5, 5.41) is 31.6. The minimum Gasteiger partial charge on any atom is -0.504 e. The fraction of sp³-hybridized carbons (Fsp3) is 0.0870. The van der Waals surface area contributed by atoms with Crippen molar-refractivity contribution in [2.45, 2.75) is 0 Å². The van der Waals surface area contributed by atoms with Crippen LogP contribution in [0.25, 0.3) is 22.6 Å². The van der Waals surface area contributed by atoms with Crippen LogP contribution in [-0.2, 0) is 4.74 Å². The standard InChI is InChI=1S/C23H18N2O8/c1-31-16-7-3-5-12(18(16)24-21(29)11-9-14(26)20(28)15(27)10-11)22-25-19-13(23(30)32-2)6-4-8-17(19)33-22/h3-10,26-28H,1-2H3,(H,24,29). The Balaban J connectivity index is 1.81. The molecule has 0 saturated carbocycles. The number of carbonyl (C=O) groups is 2. The van der Waals surface area contributed by atoms with Crippen molar-refractivity contribution in [1.82, 2.24) is 4.98 Å². The molecule has 168 valence electrons. The van der Waals surface area contributed by atoms with Crippen LogP contribution in [-0.4, -0.2) is 46.4 Å². The number of phenolic OH excluding ortho intramolecular Hbond substituents is 3. The molecule has 0 aliphatic heterocycles. The average molecular weight is 450 g/mol. The van der Waals surface area contributed by atoms with E-state index in [-0.39, 0.29) is 34.0 Å². The van der Waals surface area contributed by atoms with Gasteiger partial charge in [0.1, 0.15) is 11.3 Å². The Morgan fingerprint density at radius 2 is 1.70 bits per heavy atom. The molecule has 0 bridgehead atoms. The third-order valence-electron chi connectivity index (χ3n) is 4.87. The summed E-state index contributed by atoms with van der Waals surface area (Å²) >= 11 is 0. The number of oxazole rings is 1. The quantitative estimate of drug-likeness (QED) is 0.264. The summed E-state index contributed by atoms with van der Waals surface area (Å²) in [7, 11) is 2.67. The van der Waals surface area contributed by atoms with E-state index in [1.165, 1.54) is 14.2 Å². The maximum Gasteiger partial charge on any atom is 0.340 e. The smallest absolute Gasteiger partial charge is 0.340 e. The zero-order valence-electron chi connectivity index (χ0n) is 17.4. The van der Waals surface area contributed by atoms with E-state index in [1.54, 1.807) is 36.4 Å². The van der Waals surface area contributed by atoms with Gasteiger partial charge in [-0.3, -0.25) is 4.79 Å². The molecular formula is C23H18N2O8. The molecule has 0 saturated heterocycles. The lowest BCUT2D eigenvalue weighted by atomic mass is 10.1. The van der Waals surface area contributed by atoms with E-state index in [0.717, 1.165) is 12.1 Å². The molecule has 1 amide bonds. The Morgan fingerprint density at radius 3 is 2.36 bits per heavy atom. The molecule has 4 aromatic rings. The largest absolute Gasteiger partial charge is 0.504 e. The van der Waals surface area contributed by atoms with Crippen LogP contribution in [0.2, 0.25) is 0 Å². The summed E-state index contributed by atoms with van der Waals surface area (Å²) in [4.78, 5) is 29.4. The van der Waals surface area contributed by atoms with Gasteiger partial charge in [0.2, 0.25) is 5.89 Å². The Morgan fingerprint density at radius 1 is 1.00 bits per heavy atom. The fourth-order valence-electron chi connectivity index (χ4n) is 3.27. The third-order valence-corrected chi connectivity index (χ3v) is 4.87. The number of hydrogen-bond acceptors (Lipinski definition) is 9. The van der Waals surface area contributed by atoms with Crippen molar-refractivity contribution in [3.8, 4) is 34.5 Å². The highest BCUT2D eigenvalue weighted by atomic mass is 16.5. The normalized spacial score (nSPS) is 10.7.